The molecule has 0 spiro atoms. The highest BCUT2D eigenvalue weighted by Gasteiger charge is 2.41. The van der Waals surface area contributed by atoms with Crippen molar-refractivity contribution in [2.75, 3.05) is 18.6 Å². The molecule has 0 bridgehead atoms. The molecular formula is C12H23NO3S. The Morgan fingerprint density at radius 1 is 1.12 bits per heavy atom. The average molecular weight is 261 g/mol. The van der Waals surface area contributed by atoms with Gasteiger partial charge in [-0.3, -0.25) is 4.90 Å². The monoisotopic (exact) mass is 261 g/mol. The maximum Gasteiger partial charge on any atom is 0.154 e. The van der Waals surface area contributed by atoms with Crippen LogP contribution in [0.4, 0.5) is 0 Å². The van der Waals surface area contributed by atoms with Gasteiger partial charge in [-0.2, -0.15) is 0 Å². The van der Waals surface area contributed by atoms with Crippen LogP contribution in [0.15, 0.2) is 0 Å². The summed E-state index contributed by atoms with van der Waals surface area (Å²) in [5.41, 5.74) is 0. The van der Waals surface area contributed by atoms with Crippen LogP contribution in [0, 0.1) is 5.92 Å². The highest BCUT2D eigenvalue weighted by Crippen LogP contribution is 2.30. The molecule has 4 nitrogen and oxygen atoms in total. The number of nitrogens with zero attached hydrogens (tertiary/aromatic N) is 1. The van der Waals surface area contributed by atoms with Gasteiger partial charge in [-0.15, -0.1) is 0 Å². The predicted octanol–water partition coefficient (Wildman–Crippen LogP) is 0.655. The van der Waals surface area contributed by atoms with Crippen LogP contribution in [-0.4, -0.2) is 55.2 Å². The van der Waals surface area contributed by atoms with Crippen molar-refractivity contribution >= 4 is 9.84 Å². The number of aliphatic hydroxyl groups is 1. The third-order valence-electron chi connectivity index (χ3n) is 4.41. The van der Waals surface area contributed by atoms with Gasteiger partial charge in [-0.25, -0.2) is 8.42 Å². The van der Waals surface area contributed by atoms with Crippen LogP contribution in [0.25, 0.3) is 0 Å². The van der Waals surface area contributed by atoms with E-state index in [1.54, 1.807) is 0 Å². The number of likely N-dealkylation sites (N-methyl/N-ethyl adjacent to an activating group) is 1. The summed E-state index contributed by atoms with van der Waals surface area (Å²) in [4.78, 5) is 2.12. The SMILES string of the molecule is CC1CCCCC1N(C)C1CS(=O)(=O)CC1O. The van der Waals surface area contributed by atoms with Crippen LogP contribution in [0.2, 0.25) is 0 Å². The van der Waals surface area contributed by atoms with Gasteiger partial charge in [0.15, 0.2) is 9.84 Å². The molecule has 0 aromatic carbocycles. The van der Waals surface area contributed by atoms with Crippen molar-refractivity contribution in [3.63, 3.8) is 0 Å². The Morgan fingerprint density at radius 3 is 2.29 bits per heavy atom. The fourth-order valence-electron chi connectivity index (χ4n) is 3.35. The molecule has 4 unspecified atom stereocenters. The van der Waals surface area contributed by atoms with Crippen molar-refractivity contribution in [1.29, 1.82) is 0 Å². The van der Waals surface area contributed by atoms with Crippen LogP contribution >= 0.6 is 0 Å². The van der Waals surface area contributed by atoms with E-state index in [-0.39, 0.29) is 17.5 Å². The number of rotatable bonds is 2. The van der Waals surface area contributed by atoms with Crippen LogP contribution < -0.4 is 0 Å². The minimum atomic E-state index is -3.04. The van der Waals surface area contributed by atoms with E-state index in [0.29, 0.717) is 12.0 Å². The molecule has 0 aromatic rings. The van der Waals surface area contributed by atoms with E-state index in [4.69, 9.17) is 0 Å². The smallest absolute Gasteiger partial charge is 0.154 e. The van der Waals surface area contributed by atoms with E-state index in [9.17, 15) is 13.5 Å². The topological polar surface area (TPSA) is 57.6 Å². The maximum atomic E-state index is 11.5. The van der Waals surface area contributed by atoms with Crippen molar-refractivity contribution in [2.45, 2.75) is 50.8 Å². The van der Waals surface area contributed by atoms with Gasteiger partial charge in [0.05, 0.1) is 23.7 Å². The zero-order chi connectivity index (χ0) is 12.6. The van der Waals surface area contributed by atoms with Crippen molar-refractivity contribution < 1.29 is 13.5 Å². The van der Waals surface area contributed by atoms with Crippen molar-refractivity contribution in [3.05, 3.63) is 0 Å². The molecule has 1 saturated heterocycles. The first kappa shape index (κ1) is 13.3. The average Bonchev–Trinajstić information content (AvgIpc) is 2.52. The quantitative estimate of drug-likeness (QED) is 0.793. The molecule has 1 saturated carbocycles. The normalized spacial score (nSPS) is 41.9. The van der Waals surface area contributed by atoms with Crippen molar-refractivity contribution in [1.82, 2.24) is 4.90 Å². The maximum absolute atomic E-state index is 11.5. The van der Waals surface area contributed by atoms with Crippen LogP contribution in [-0.2, 0) is 9.84 Å². The third-order valence-corrected chi connectivity index (χ3v) is 6.10. The fraction of sp³-hybridized carbons (Fsp3) is 1.00. The molecule has 0 amide bonds. The Kier molecular flexibility index (Phi) is 3.80. The summed E-state index contributed by atoms with van der Waals surface area (Å²) >= 11 is 0. The van der Waals surface area contributed by atoms with E-state index in [2.05, 4.69) is 11.8 Å². The first-order valence-corrected chi connectivity index (χ1v) is 8.33. The second kappa shape index (κ2) is 4.86. The van der Waals surface area contributed by atoms with Crippen LogP contribution in [0.5, 0.6) is 0 Å². The lowest BCUT2D eigenvalue weighted by Crippen LogP contribution is -2.49. The summed E-state index contributed by atoms with van der Waals surface area (Å²) < 4.78 is 23.1. The number of aliphatic hydroxyl groups excluding tert-OH is 1. The predicted molar refractivity (Wildman–Crippen MR) is 67.6 cm³/mol. The summed E-state index contributed by atoms with van der Waals surface area (Å²) in [6.07, 6.45) is 4.12. The summed E-state index contributed by atoms with van der Waals surface area (Å²) in [5.74, 6) is 0.654. The molecule has 2 fully saturated rings. The molecule has 1 aliphatic heterocycles. The van der Waals surface area contributed by atoms with Gasteiger partial charge >= 0.3 is 0 Å². The van der Waals surface area contributed by atoms with Gasteiger partial charge in [-0.05, 0) is 25.8 Å². The summed E-state index contributed by atoms with van der Waals surface area (Å²) in [6.45, 7) is 2.23. The lowest BCUT2D eigenvalue weighted by molar-refractivity contribution is 0.0412. The zero-order valence-electron chi connectivity index (χ0n) is 10.7. The molecule has 2 aliphatic rings. The Bertz CT molecular complexity index is 368. The number of hydrogen-bond acceptors (Lipinski definition) is 4. The number of hydrogen-bond donors (Lipinski definition) is 1. The van der Waals surface area contributed by atoms with Gasteiger partial charge < -0.3 is 5.11 Å². The Hall–Kier alpha value is -0.130. The van der Waals surface area contributed by atoms with Gasteiger partial charge in [-0.1, -0.05) is 19.8 Å². The summed E-state index contributed by atoms with van der Waals surface area (Å²) in [7, 11) is -1.06. The molecule has 1 heterocycles. The van der Waals surface area contributed by atoms with Gasteiger partial charge in [0.1, 0.15) is 0 Å². The highest BCUT2D eigenvalue weighted by atomic mass is 32.2. The van der Waals surface area contributed by atoms with E-state index in [1.165, 1.54) is 19.3 Å². The van der Waals surface area contributed by atoms with E-state index >= 15 is 0 Å². The van der Waals surface area contributed by atoms with E-state index in [0.717, 1.165) is 6.42 Å². The van der Waals surface area contributed by atoms with Crippen molar-refractivity contribution in [3.8, 4) is 0 Å². The Morgan fingerprint density at radius 2 is 1.76 bits per heavy atom. The molecule has 1 N–H and O–H groups in total. The lowest BCUT2D eigenvalue weighted by Gasteiger charge is -2.40. The Balaban J connectivity index is 2.06. The molecule has 100 valence electrons. The van der Waals surface area contributed by atoms with Crippen LogP contribution in [0.3, 0.4) is 0 Å². The summed E-state index contributed by atoms with van der Waals surface area (Å²) in [5, 5.41) is 9.89. The minimum Gasteiger partial charge on any atom is -0.390 e. The molecule has 1 aliphatic carbocycles. The molecule has 0 aromatic heterocycles. The molecule has 17 heavy (non-hydrogen) atoms. The zero-order valence-corrected chi connectivity index (χ0v) is 11.5. The van der Waals surface area contributed by atoms with Gasteiger partial charge in [0, 0.05) is 6.04 Å². The molecule has 5 heteroatoms. The first-order valence-electron chi connectivity index (χ1n) is 6.51. The second-order valence-corrected chi connectivity index (χ2v) is 7.86. The first-order chi connectivity index (χ1) is 7.91. The van der Waals surface area contributed by atoms with Gasteiger partial charge in [0.25, 0.3) is 0 Å². The van der Waals surface area contributed by atoms with Crippen molar-refractivity contribution in [2.24, 2.45) is 5.92 Å². The Labute approximate surface area is 104 Å². The van der Waals surface area contributed by atoms with Gasteiger partial charge in [0.2, 0.25) is 0 Å². The molecule has 0 radical (unpaired) electrons. The summed E-state index contributed by atoms with van der Waals surface area (Å²) in [6, 6.07) is 0.224. The molecular weight excluding hydrogens is 238 g/mol. The molecule has 2 rings (SSSR count). The van der Waals surface area contributed by atoms with E-state index < -0.39 is 15.9 Å². The minimum absolute atomic E-state index is 0.0664. The van der Waals surface area contributed by atoms with E-state index in [1.807, 2.05) is 7.05 Å². The molecule has 4 atom stereocenters. The number of sulfone groups is 1. The third kappa shape index (κ3) is 2.83. The van der Waals surface area contributed by atoms with Crippen LogP contribution in [0.1, 0.15) is 32.6 Å². The standard InChI is InChI=1S/C12H23NO3S/c1-9-5-3-4-6-10(9)13(2)11-7-17(15,16)8-12(11)14/h9-12,14H,3-8H2,1-2H3. The largest absolute Gasteiger partial charge is 0.390 e. The fourth-order valence-corrected chi connectivity index (χ4v) is 5.20. The highest BCUT2D eigenvalue weighted by molar-refractivity contribution is 7.91. The lowest BCUT2D eigenvalue weighted by atomic mass is 9.84. The second-order valence-electron chi connectivity index (χ2n) is 5.71.